The summed E-state index contributed by atoms with van der Waals surface area (Å²) in [5.74, 6) is 0.921. The number of hydrogen-bond donors (Lipinski definition) is 2. The Morgan fingerprint density at radius 3 is 2.07 bits per heavy atom. The molecule has 7 heteroatoms. The highest BCUT2D eigenvalue weighted by Crippen LogP contribution is 2.22. The van der Waals surface area contributed by atoms with Crippen LogP contribution in [0.2, 0.25) is 0 Å². The van der Waals surface area contributed by atoms with E-state index in [1.54, 1.807) is 0 Å². The Hall–Kier alpha value is -4.13. The highest BCUT2D eigenvalue weighted by molar-refractivity contribution is 5.88. The van der Waals surface area contributed by atoms with Gasteiger partial charge in [0.2, 0.25) is 17.7 Å². The molecule has 1 atom stereocenters. The van der Waals surface area contributed by atoms with E-state index in [-0.39, 0.29) is 29.7 Å². The second-order valence-corrected chi connectivity index (χ2v) is 12.2. The Labute approximate surface area is 261 Å². The molecule has 0 unspecified atom stereocenters. The molecule has 1 heterocycles. The van der Waals surface area contributed by atoms with Crippen LogP contribution in [0, 0.1) is 5.92 Å². The van der Waals surface area contributed by atoms with Crippen molar-refractivity contribution in [3.05, 3.63) is 102 Å². The number of ether oxygens (including phenoxy) is 1. The summed E-state index contributed by atoms with van der Waals surface area (Å²) in [5.41, 5.74) is 3.24. The number of rotatable bonds is 13. The molecule has 232 valence electrons. The predicted molar refractivity (Wildman–Crippen MR) is 172 cm³/mol. The van der Waals surface area contributed by atoms with Crippen molar-refractivity contribution in [2.45, 2.75) is 82.9 Å². The summed E-state index contributed by atoms with van der Waals surface area (Å²) in [4.78, 5) is 41.2. The second-order valence-electron chi connectivity index (χ2n) is 12.2. The highest BCUT2D eigenvalue weighted by Gasteiger charge is 2.28. The molecule has 44 heavy (non-hydrogen) atoms. The molecule has 2 fully saturated rings. The SMILES string of the molecule is O=C(CC1CCN(C(=O)CCc2ccccc2)CC1)N[C@@H](Cc1ccc(OCc2ccccc2)cc1)C(=O)NC1CCCC1. The van der Waals surface area contributed by atoms with Crippen LogP contribution in [0.25, 0.3) is 0 Å². The molecule has 0 spiro atoms. The molecule has 1 saturated heterocycles. The summed E-state index contributed by atoms with van der Waals surface area (Å²) in [6.45, 7) is 1.84. The normalized spacial score (nSPS) is 16.3. The third-order valence-corrected chi connectivity index (χ3v) is 8.88. The number of nitrogens with one attached hydrogen (secondary N) is 2. The summed E-state index contributed by atoms with van der Waals surface area (Å²) in [7, 11) is 0. The Morgan fingerprint density at radius 1 is 0.773 bits per heavy atom. The van der Waals surface area contributed by atoms with Crippen molar-refractivity contribution in [3.63, 3.8) is 0 Å². The lowest BCUT2D eigenvalue weighted by Gasteiger charge is -2.32. The lowest BCUT2D eigenvalue weighted by molar-refractivity contribution is -0.133. The molecule has 5 rings (SSSR count). The van der Waals surface area contributed by atoms with Crippen LogP contribution in [0.5, 0.6) is 5.75 Å². The zero-order valence-electron chi connectivity index (χ0n) is 25.6. The Balaban J connectivity index is 1.11. The van der Waals surface area contributed by atoms with Crippen molar-refractivity contribution in [1.82, 2.24) is 15.5 Å². The smallest absolute Gasteiger partial charge is 0.243 e. The van der Waals surface area contributed by atoms with Crippen molar-refractivity contribution >= 4 is 17.7 Å². The number of benzene rings is 3. The van der Waals surface area contributed by atoms with Crippen LogP contribution >= 0.6 is 0 Å². The monoisotopic (exact) mass is 595 g/mol. The fourth-order valence-corrected chi connectivity index (χ4v) is 6.24. The number of hydrogen-bond acceptors (Lipinski definition) is 4. The van der Waals surface area contributed by atoms with Gasteiger partial charge in [-0.1, -0.05) is 85.6 Å². The van der Waals surface area contributed by atoms with Crippen LogP contribution in [0.1, 0.15) is 68.1 Å². The van der Waals surface area contributed by atoms with Gasteiger partial charge in [0.25, 0.3) is 0 Å². The number of amides is 3. The van der Waals surface area contributed by atoms with E-state index in [0.29, 0.717) is 39.0 Å². The number of likely N-dealkylation sites (tertiary alicyclic amines) is 1. The molecule has 3 aromatic rings. The second kappa shape index (κ2) is 16.1. The zero-order chi connectivity index (χ0) is 30.6. The largest absolute Gasteiger partial charge is 0.489 e. The van der Waals surface area contributed by atoms with E-state index in [4.69, 9.17) is 4.74 Å². The molecule has 1 saturated carbocycles. The fraction of sp³-hybridized carbons (Fsp3) is 0.432. The molecule has 3 amide bonds. The van der Waals surface area contributed by atoms with E-state index in [1.807, 2.05) is 77.7 Å². The topological polar surface area (TPSA) is 87.7 Å². The summed E-state index contributed by atoms with van der Waals surface area (Å²) >= 11 is 0. The third-order valence-electron chi connectivity index (χ3n) is 8.88. The van der Waals surface area contributed by atoms with Gasteiger partial charge in [-0.15, -0.1) is 0 Å². The molecule has 2 aliphatic rings. The highest BCUT2D eigenvalue weighted by atomic mass is 16.5. The van der Waals surface area contributed by atoms with Crippen molar-refractivity contribution in [1.29, 1.82) is 0 Å². The first-order chi connectivity index (χ1) is 21.5. The van der Waals surface area contributed by atoms with Crippen molar-refractivity contribution < 1.29 is 19.1 Å². The van der Waals surface area contributed by atoms with E-state index in [9.17, 15) is 14.4 Å². The van der Waals surface area contributed by atoms with Gasteiger partial charge in [-0.05, 0) is 66.8 Å². The van der Waals surface area contributed by atoms with E-state index in [1.165, 1.54) is 5.56 Å². The molecule has 1 aliphatic heterocycles. The average molecular weight is 596 g/mol. The van der Waals surface area contributed by atoms with Crippen LogP contribution in [-0.2, 0) is 33.8 Å². The van der Waals surface area contributed by atoms with Gasteiger partial charge in [-0.2, -0.15) is 0 Å². The van der Waals surface area contributed by atoms with Crippen molar-refractivity contribution in [2.24, 2.45) is 5.92 Å². The van der Waals surface area contributed by atoms with E-state index in [2.05, 4.69) is 22.8 Å². The quantitative estimate of drug-likeness (QED) is 0.269. The minimum absolute atomic E-state index is 0.103. The maximum absolute atomic E-state index is 13.3. The van der Waals surface area contributed by atoms with Gasteiger partial charge < -0.3 is 20.3 Å². The maximum atomic E-state index is 13.3. The van der Waals surface area contributed by atoms with Gasteiger partial charge >= 0.3 is 0 Å². The Kier molecular flexibility index (Phi) is 11.4. The molecule has 7 nitrogen and oxygen atoms in total. The van der Waals surface area contributed by atoms with Crippen molar-refractivity contribution in [3.8, 4) is 5.75 Å². The fourth-order valence-electron chi connectivity index (χ4n) is 6.24. The maximum Gasteiger partial charge on any atom is 0.243 e. The summed E-state index contributed by atoms with van der Waals surface area (Å²) in [6, 6.07) is 27.4. The standard InChI is InChI=1S/C37H45N3O4/c41-35(26-30-21-23-40(24-22-30)36(42)20-17-28-9-3-1-4-10-28)39-34(37(43)38-32-13-7-8-14-32)25-29-15-18-33(19-16-29)44-27-31-11-5-2-6-12-31/h1-6,9-12,15-16,18-19,30,32,34H,7-8,13-14,17,20-27H2,(H,38,43)(H,39,41)/t34-/m0/s1. The van der Waals surface area contributed by atoms with Gasteiger partial charge in [0.15, 0.2) is 0 Å². The Bertz CT molecular complexity index is 1330. The lowest BCUT2D eigenvalue weighted by Crippen LogP contribution is -2.50. The Morgan fingerprint density at radius 2 is 1.41 bits per heavy atom. The summed E-state index contributed by atoms with van der Waals surface area (Å²) < 4.78 is 5.92. The van der Waals surface area contributed by atoms with Gasteiger partial charge in [-0.3, -0.25) is 14.4 Å². The third kappa shape index (κ3) is 9.69. The minimum Gasteiger partial charge on any atom is -0.489 e. The van der Waals surface area contributed by atoms with E-state index >= 15 is 0 Å². The number of carbonyl (C=O) groups is 3. The first kappa shape index (κ1) is 31.3. The molecule has 0 radical (unpaired) electrons. The summed E-state index contributed by atoms with van der Waals surface area (Å²) in [6.07, 6.45) is 7.86. The number of nitrogens with zero attached hydrogens (tertiary/aromatic N) is 1. The molecular formula is C37H45N3O4. The van der Waals surface area contributed by atoms with Gasteiger partial charge in [0.05, 0.1) is 0 Å². The van der Waals surface area contributed by atoms with Crippen LogP contribution < -0.4 is 15.4 Å². The molecule has 0 bridgehead atoms. The first-order valence-corrected chi connectivity index (χ1v) is 16.2. The number of carbonyl (C=O) groups excluding carboxylic acids is 3. The first-order valence-electron chi connectivity index (χ1n) is 16.2. The van der Waals surface area contributed by atoms with Crippen LogP contribution in [0.4, 0.5) is 0 Å². The van der Waals surface area contributed by atoms with Gasteiger partial charge in [0.1, 0.15) is 18.4 Å². The molecule has 0 aromatic heterocycles. The molecular weight excluding hydrogens is 550 g/mol. The van der Waals surface area contributed by atoms with Crippen molar-refractivity contribution in [2.75, 3.05) is 13.1 Å². The zero-order valence-corrected chi connectivity index (χ0v) is 25.6. The van der Waals surface area contributed by atoms with Crippen LogP contribution in [0.15, 0.2) is 84.9 Å². The van der Waals surface area contributed by atoms with E-state index < -0.39 is 6.04 Å². The average Bonchev–Trinajstić information content (AvgIpc) is 3.57. The number of piperidine rings is 1. The molecule has 1 aliphatic carbocycles. The molecule has 2 N–H and O–H groups in total. The lowest BCUT2D eigenvalue weighted by atomic mass is 9.92. The minimum atomic E-state index is -0.640. The van der Waals surface area contributed by atoms with Gasteiger partial charge in [0, 0.05) is 38.4 Å². The number of aryl methyl sites for hydroxylation is 1. The summed E-state index contributed by atoms with van der Waals surface area (Å²) in [5, 5.41) is 6.24. The van der Waals surface area contributed by atoms with Gasteiger partial charge in [-0.25, -0.2) is 0 Å². The predicted octanol–water partition coefficient (Wildman–Crippen LogP) is 5.61. The molecule has 3 aromatic carbocycles. The van der Waals surface area contributed by atoms with E-state index in [0.717, 1.165) is 61.8 Å². The van der Waals surface area contributed by atoms with Crippen LogP contribution in [0.3, 0.4) is 0 Å². The van der Waals surface area contributed by atoms with Crippen LogP contribution in [-0.4, -0.2) is 47.8 Å².